The Balaban J connectivity index is 0.979. The molecular formula is C49H31N3O. The predicted molar refractivity (Wildman–Crippen MR) is 217 cm³/mol. The maximum absolute atomic E-state index is 6.41. The molecule has 2 heterocycles. The van der Waals surface area contributed by atoms with Crippen molar-refractivity contribution in [2.45, 2.75) is 0 Å². The number of nitrogens with zero attached hydrogens (tertiary/aromatic N) is 3. The molecule has 0 fully saturated rings. The molecule has 0 aliphatic rings. The van der Waals surface area contributed by atoms with Gasteiger partial charge in [-0.05, 0) is 86.6 Å². The standard InChI is InChI=1S/C49H31N3O/c1-4-11-32(12-5-1)35-17-10-18-36(27-35)40-24-26-45-44(30-40)43-25-23-41(31-46(43)53-45)38-19-20-39-29-42(22-21-37(39)28-38)49-51-47(33-13-6-2-7-14-33)50-48(52-49)34-15-8-3-9-16-34/h1-31H. The maximum Gasteiger partial charge on any atom is 0.164 e. The summed E-state index contributed by atoms with van der Waals surface area (Å²) >= 11 is 0. The minimum Gasteiger partial charge on any atom is -0.456 e. The van der Waals surface area contributed by atoms with Crippen molar-refractivity contribution in [3.63, 3.8) is 0 Å². The van der Waals surface area contributed by atoms with Crippen LogP contribution in [0.1, 0.15) is 0 Å². The van der Waals surface area contributed by atoms with Crippen molar-refractivity contribution in [2.24, 2.45) is 0 Å². The first-order valence-electron chi connectivity index (χ1n) is 17.8. The van der Waals surface area contributed by atoms with Crippen molar-refractivity contribution in [1.82, 2.24) is 15.0 Å². The van der Waals surface area contributed by atoms with Crippen molar-refractivity contribution in [1.29, 1.82) is 0 Å². The molecule has 0 spiro atoms. The van der Waals surface area contributed by atoms with Crippen LogP contribution in [0.2, 0.25) is 0 Å². The molecule has 53 heavy (non-hydrogen) atoms. The van der Waals surface area contributed by atoms with Crippen molar-refractivity contribution in [2.75, 3.05) is 0 Å². The summed E-state index contributed by atoms with van der Waals surface area (Å²) in [7, 11) is 0. The summed E-state index contributed by atoms with van der Waals surface area (Å²) < 4.78 is 6.41. The second-order valence-corrected chi connectivity index (χ2v) is 13.3. The molecular weight excluding hydrogens is 647 g/mol. The number of hydrogen-bond donors (Lipinski definition) is 0. The van der Waals surface area contributed by atoms with Crippen LogP contribution in [-0.2, 0) is 0 Å². The number of fused-ring (bicyclic) bond motifs is 4. The van der Waals surface area contributed by atoms with Gasteiger partial charge in [0.2, 0.25) is 0 Å². The first-order valence-corrected chi connectivity index (χ1v) is 17.8. The van der Waals surface area contributed by atoms with E-state index in [1.807, 2.05) is 60.7 Å². The zero-order chi connectivity index (χ0) is 35.1. The Hall–Kier alpha value is -7.17. The Morgan fingerprint density at radius 1 is 0.264 bits per heavy atom. The molecule has 4 heteroatoms. The molecule has 0 saturated carbocycles. The van der Waals surface area contributed by atoms with Gasteiger partial charge in [0.1, 0.15) is 11.2 Å². The molecule has 0 bridgehead atoms. The Labute approximate surface area is 306 Å². The Bertz CT molecular complexity index is 2880. The lowest BCUT2D eigenvalue weighted by Crippen LogP contribution is -2.00. The van der Waals surface area contributed by atoms with E-state index in [1.165, 1.54) is 22.3 Å². The normalized spacial score (nSPS) is 11.4. The number of rotatable bonds is 6. The molecule has 0 aliphatic carbocycles. The van der Waals surface area contributed by atoms with Crippen LogP contribution >= 0.6 is 0 Å². The summed E-state index contributed by atoms with van der Waals surface area (Å²) in [4.78, 5) is 14.7. The molecule has 0 amide bonds. The molecule has 0 saturated heterocycles. The number of aromatic nitrogens is 3. The van der Waals surface area contributed by atoms with Gasteiger partial charge in [-0.15, -0.1) is 0 Å². The number of hydrogen-bond acceptors (Lipinski definition) is 4. The Morgan fingerprint density at radius 2 is 0.717 bits per heavy atom. The highest BCUT2D eigenvalue weighted by Gasteiger charge is 2.14. The minimum absolute atomic E-state index is 0.645. The van der Waals surface area contributed by atoms with Crippen LogP contribution in [0.5, 0.6) is 0 Å². The van der Waals surface area contributed by atoms with E-state index in [1.54, 1.807) is 0 Å². The largest absolute Gasteiger partial charge is 0.456 e. The average molecular weight is 678 g/mol. The molecule has 0 atom stereocenters. The SMILES string of the molecule is c1ccc(-c2cccc(-c3ccc4oc5cc(-c6ccc7cc(-c8nc(-c9ccccc9)nc(-c9ccccc9)n8)ccc7c6)ccc5c4c3)c2)cc1. The number of benzene rings is 8. The first-order chi connectivity index (χ1) is 26.2. The summed E-state index contributed by atoms with van der Waals surface area (Å²) in [6, 6.07) is 65.4. The first kappa shape index (κ1) is 30.6. The van der Waals surface area contributed by atoms with Crippen LogP contribution in [-0.4, -0.2) is 15.0 Å². The summed E-state index contributed by atoms with van der Waals surface area (Å²) in [5.41, 5.74) is 11.6. The third kappa shape index (κ3) is 5.82. The smallest absolute Gasteiger partial charge is 0.164 e. The lowest BCUT2D eigenvalue weighted by atomic mass is 9.97. The zero-order valence-corrected chi connectivity index (χ0v) is 28.6. The third-order valence-electron chi connectivity index (χ3n) is 9.91. The summed E-state index contributed by atoms with van der Waals surface area (Å²) in [5, 5.41) is 4.48. The van der Waals surface area contributed by atoms with Gasteiger partial charge in [0.05, 0.1) is 0 Å². The molecule has 4 nitrogen and oxygen atoms in total. The van der Waals surface area contributed by atoms with Crippen LogP contribution in [0.25, 0.3) is 100 Å². The fraction of sp³-hybridized carbons (Fsp3) is 0. The fourth-order valence-corrected chi connectivity index (χ4v) is 7.15. The minimum atomic E-state index is 0.645. The van der Waals surface area contributed by atoms with Gasteiger partial charge in [-0.1, -0.05) is 146 Å². The van der Waals surface area contributed by atoms with Crippen LogP contribution in [0, 0.1) is 0 Å². The molecule has 2 aromatic heterocycles. The van der Waals surface area contributed by atoms with Crippen LogP contribution < -0.4 is 0 Å². The third-order valence-corrected chi connectivity index (χ3v) is 9.91. The van der Waals surface area contributed by atoms with Gasteiger partial charge in [0, 0.05) is 27.5 Å². The molecule has 10 aromatic rings. The summed E-state index contributed by atoms with van der Waals surface area (Å²) in [6.45, 7) is 0. The van der Waals surface area contributed by atoms with Crippen molar-refractivity contribution in [3.05, 3.63) is 188 Å². The molecule has 10 rings (SSSR count). The van der Waals surface area contributed by atoms with Gasteiger partial charge in [-0.25, -0.2) is 15.0 Å². The van der Waals surface area contributed by atoms with Crippen LogP contribution in [0.4, 0.5) is 0 Å². The lowest BCUT2D eigenvalue weighted by molar-refractivity contribution is 0.669. The highest BCUT2D eigenvalue weighted by atomic mass is 16.3. The van der Waals surface area contributed by atoms with Crippen molar-refractivity contribution >= 4 is 32.7 Å². The van der Waals surface area contributed by atoms with E-state index in [0.29, 0.717) is 17.5 Å². The quantitative estimate of drug-likeness (QED) is 0.176. The fourth-order valence-electron chi connectivity index (χ4n) is 7.15. The molecule has 0 aliphatic heterocycles. The molecule has 0 radical (unpaired) electrons. The Kier molecular flexibility index (Phi) is 7.43. The van der Waals surface area contributed by atoms with Crippen LogP contribution in [0.3, 0.4) is 0 Å². The second kappa shape index (κ2) is 12.9. The van der Waals surface area contributed by atoms with E-state index >= 15 is 0 Å². The molecule has 0 N–H and O–H groups in total. The van der Waals surface area contributed by atoms with Crippen molar-refractivity contribution in [3.8, 4) is 67.5 Å². The van der Waals surface area contributed by atoms with Gasteiger partial charge in [-0.2, -0.15) is 0 Å². The van der Waals surface area contributed by atoms with Gasteiger partial charge >= 0.3 is 0 Å². The summed E-state index contributed by atoms with van der Waals surface area (Å²) in [6.07, 6.45) is 0. The maximum atomic E-state index is 6.41. The predicted octanol–water partition coefficient (Wildman–Crippen LogP) is 12.9. The van der Waals surface area contributed by atoms with Gasteiger partial charge < -0.3 is 4.42 Å². The highest BCUT2D eigenvalue weighted by molar-refractivity contribution is 6.07. The van der Waals surface area contributed by atoms with E-state index < -0.39 is 0 Å². The van der Waals surface area contributed by atoms with E-state index in [0.717, 1.165) is 60.5 Å². The van der Waals surface area contributed by atoms with Gasteiger partial charge in [0.25, 0.3) is 0 Å². The van der Waals surface area contributed by atoms with E-state index in [-0.39, 0.29) is 0 Å². The number of furan rings is 1. The van der Waals surface area contributed by atoms with E-state index in [2.05, 4.69) is 127 Å². The monoisotopic (exact) mass is 677 g/mol. The lowest BCUT2D eigenvalue weighted by Gasteiger charge is -2.10. The van der Waals surface area contributed by atoms with E-state index in [9.17, 15) is 0 Å². The van der Waals surface area contributed by atoms with E-state index in [4.69, 9.17) is 19.4 Å². The topological polar surface area (TPSA) is 51.8 Å². The van der Waals surface area contributed by atoms with Crippen LogP contribution in [0.15, 0.2) is 192 Å². The molecule has 8 aromatic carbocycles. The zero-order valence-electron chi connectivity index (χ0n) is 28.6. The average Bonchev–Trinajstić information content (AvgIpc) is 3.61. The van der Waals surface area contributed by atoms with Crippen molar-refractivity contribution < 1.29 is 4.42 Å². The molecule has 0 unspecified atom stereocenters. The molecule has 248 valence electrons. The highest BCUT2D eigenvalue weighted by Crippen LogP contribution is 2.37. The second-order valence-electron chi connectivity index (χ2n) is 13.3. The summed E-state index contributed by atoms with van der Waals surface area (Å²) in [5.74, 6) is 1.95. The Morgan fingerprint density at radius 3 is 1.38 bits per heavy atom. The van der Waals surface area contributed by atoms with Gasteiger partial charge in [0.15, 0.2) is 17.5 Å². The van der Waals surface area contributed by atoms with Gasteiger partial charge in [-0.3, -0.25) is 0 Å².